The molecule has 22 heavy (non-hydrogen) atoms. The van der Waals surface area contributed by atoms with Crippen molar-refractivity contribution in [3.05, 3.63) is 11.1 Å². The van der Waals surface area contributed by atoms with Crippen LogP contribution in [0.2, 0.25) is 0 Å². The quantitative estimate of drug-likeness (QED) is 0.902. The van der Waals surface area contributed by atoms with Crippen molar-refractivity contribution in [3.8, 4) is 0 Å². The molecule has 6 nitrogen and oxygen atoms in total. The van der Waals surface area contributed by atoms with Crippen molar-refractivity contribution < 1.29 is 14.3 Å². The highest BCUT2D eigenvalue weighted by atomic mass is 32.1. The van der Waals surface area contributed by atoms with Gasteiger partial charge in [-0.25, -0.2) is 4.98 Å². The van der Waals surface area contributed by atoms with E-state index in [-0.39, 0.29) is 17.9 Å². The second-order valence-electron chi connectivity index (χ2n) is 5.94. The highest BCUT2D eigenvalue weighted by molar-refractivity contribution is 7.14. The van der Waals surface area contributed by atoms with Gasteiger partial charge in [-0.2, -0.15) is 0 Å². The molecular weight excluding hydrogens is 302 g/mol. The van der Waals surface area contributed by atoms with Gasteiger partial charge in [0, 0.05) is 32.0 Å². The minimum atomic E-state index is -0.184. The summed E-state index contributed by atoms with van der Waals surface area (Å²) >= 11 is 1.27. The molecule has 0 saturated carbocycles. The number of nitrogens with zero attached hydrogens (tertiary/aromatic N) is 2. The van der Waals surface area contributed by atoms with Crippen LogP contribution in [0, 0.1) is 5.92 Å². The molecule has 7 heteroatoms. The largest absolute Gasteiger partial charge is 0.378 e. The van der Waals surface area contributed by atoms with Crippen LogP contribution in [0.1, 0.15) is 44.1 Å². The van der Waals surface area contributed by atoms with Crippen LogP contribution in [-0.2, 0) is 9.53 Å². The fourth-order valence-electron chi connectivity index (χ4n) is 2.30. The summed E-state index contributed by atoms with van der Waals surface area (Å²) in [5, 5.41) is 4.75. The monoisotopic (exact) mass is 325 g/mol. The molecule has 0 unspecified atom stereocenters. The van der Waals surface area contributed by atoms with Crippen LogP contribution in [0.15, 0.2) is 5.38 Å². The molecule has 1 fully saturated rings. The SMILES string of the molecule is CC(=O)Nc1nc(C(=O)N2CCC(OCC(C)C)CC2)cs1. The average molecular weight is 325 g/mol. The molecule has 0 aliphatic carbocycles. The van der Waals surface area contributed by atoms with Gasteiger partial charge in [0.25, 0.3) is 5.91 Å². The van der Waals surface area contributed by atoms with Gasteiger partial charge in [-0.3, -0.25) is 9.59 Å². The summed E-state index contributed by atoms with van der Waals surface area (Å²) in [5.74, 6) is 0.272. The number of aromatic nitrogens is 1. The van der Waals surface area contributed by atoms with Gasteiger partial charge in [0.05, 0.1) is 6.10 Å². The Kier molecular flexibility index (Phi) is 5.90. The van der Waals surface area contributed by atoms with E-state index in [0.29, 0.717) is 29.8 Å². The zero-order chi connectivity index (χ0) is 16.1. The van der Waals surface area contributed by atoms with E-state index in [0.717, 1.165) is 19.4 Å². The molecule has 0 atom stereocenters. The molecule has 1 N–H and O–H groups in total. The zero-order valence-corrected chi connectivity index (χ0v) is 14.1. The van der Waals surface area contributed by atoms with Crippen LogP contribution in [0.5, 0.6) is 0 Å². The number of hydrogen-bond acceptors (Lipinski definition) is 5. The van der Waals surface area contributed by atoms with E-state index in [9.17, 15) is 9.59 Å². The molecule has 1 aliphatic rings. The van der Waals surface area contributed by atoms with Crippen LogP contribution in [0.3, 0.4) is 0 Å². The Balaban J connectivity index is 1.84. The summed E-state index contributed by atoms with van der Waals surface area (Å²) in [5.41, 5.74) is 0.398. The lowest BCUT2D eigenvalue weighted by molar-refractivity contribution is -0.114. The fourth-order valence-corrected chi connectivity index (χ4v) is 3.03. The van der Waals surface area contributed by atoms with Crippen molar-refractivity contribution in [2.24, 2.45) is 5.92 Å². The minimum absolute atomic E-state index is 0.0739. The van der Waals surface area contributed by atoms with E-state index >= 15 is 0 Å². The number of carbonyl (C=O) groups excluding carboxylic acids is 2. The summed E-state index contributed by atoms with van der Waals surface area (Å²) in [6.07, 6.45) is 1.97. The summed E-state index contributed by atoms with van der Waals surface area (Å²) in [4.78, 5) is 29.3. The first-order chi connectivity index (χ1) is 10.5. The van der Waals surface area contributed by atoms with Crippen LogP contribution in [0.25, 0.3) is 0 Å². The summed E-state index contributed by atoms with van der Waals surface area (Å²) in [6.45, 7) is 7.83. The van der Waals surface area contributed by atoms with Gasteiger partial charge >= 0.3 is 0 Å². The van der Waals surface area contributed by atoms with Gasteiger partial charge in [0.15, 0.2) is 5.13 Å². The van der Waals surface area contributed by atoms with Crippen molar-refractivity contribution in [2.45, 2.75) is 39.7 Å². The Morgan fingerprint density at radius 3 is 2.73 bits per heavy atom. The number of piperidine rings is 1. The van der Waals surface area contributed by atoms with Gasteiger partial charge in [-0.15, -0.1) is 11.3 Å². The first-order valence-corrected chi connectivity index (χ1v) is 8.47. The number of hydrogen-bond donors (Lipinski definition) is 1. The van der Waals surface area contributed by atoms with Gasteiger partial charge in [0.2, 0.25) is 5.91 Å². The van der Waals surface area contributed by atoms with E-state index in [1.165, 1.54) is 18.3 Å². The molecule has 1 aromatic heterocycles. The number of nitrogens with one attached hydrogen (secondary N) is 1. The summed E-state index contributed by atoms with van der Waals surface area (Å²) in [6, 6.07) is 0. The predicted molar refractivity (Wildman–Crippen MR) is 86.1 cm³/mol. The average Bonchev–Trinajstić information content (AvgIpc) is 2.92. The normalized spacial score (nSPS) is 16.1. The van der Waals surface area contributed by atoms with Crippen molar-refractivity contribution in [1.29, 1.82) is 0 Å². The standard InChI is InChI=1S/C15H23N3O3S/c1-10(2)8-21-12-4-6-18(7-5-12)14(20)13-9-22-15(17-13)16-11(3)19/h9-10,12H,4-8H2,1-3H3,(H,16,17,19). The first-order valence-electron chi connectivity index (χ1n) is 7.59. The number of likely N-dealkylation sites (tertiary alicyclic amines) is 1. The number of thiazole rings is 1. The number of anilines is 1. The van der Waals surface area contributed by atoms with E-state index < -0.39 is 0 Å². The third-order valence-electron chi connectivity index (χ3n) is 3.40. The summed E-state index contributed by atoms with van der Waals surface area (Å²) in [7, 11) is 0. The molecule has 1 saturated heterocycles. The molecule has 2 amide bonds. The van der Waals surface area contributed by atoms with Crippen molar-refractivity contribution in [3.63, 3.8) is 0 Å². The third-order valence-corrected chi connectivity index (χ3v) is 4.16. The maximum absolute atomic E-state index is 12.4. The Labute approximate surface area is 134 Å². The smallest absolute Gasteiger partial charge is 0.273 e. The predicted octanol–water partition coefficient (Wildman–Crippen LogP) is 2.38. The van der Waals surface area contributed by atoms with E-state index in [2.05, 4.69) is 24.1 Å². The molecule has 1 aromatic rings. The van der Waals surface area contributed by atoms with Crippen LogP contribution >= 0.6 is 11.3 Å². The van der Waals surface area contributed by atoms with Gasteiger partial charge in [-0.05, 0) is 18.8 Å². The maximum atomic E-state index is 12.4. The van der Waals surface area contributed by atoms with E-state index in [4.69, 9.17) is 4.74 Å². The van der Waals surface area contributed by atoms with Crippen molar-refractivity contribution in [1.82, 2.24) is 9.88 Å². The Morgan fingerprint density at radius 1 is 1.45 bits per heavy atom. The topological polar surface area (TPSA) is 71.5 Å². The molecule has 122 valence electrons. The molecule has 0 bridgehead atoms. The van der Waals surface area contributed by atoms with Gasteiger partial charge < -0.3 is 15.0 Å². The Morgan fingerprint density at radius 2 is 2.14 bits per heavy atom. The molecule has 0 radical (unpaired) electrons. The lowest BCUT2D eigenvalue weighted by atomic mass is 10.1. The highest BCUT2D eigenvalue weighted by Gasteiger charge is 2.25. The lowest BCUT2D eigenvalue weighted by Crippen LogP contribution is -2.41. The van der Waals surface area contributed by atoms with E-state index in [1.807, 2.05) is 4.90 Å². The summed E-state index contributed by atoms with van der Waals surface area (Å²) < 4.78 is 5.83. The van der Waals surface area contributed by atoms with E-state index in [1.54, 1.807) is 5.38 Å². The van der Waals surface area contributed by atoms with Crippen molar-refractivity contribution in [2.75, 3.05) is 25.0 Å². The lowest BCUT2D eigenvalue weighted by Gasteiger charge is -2.31. The van der Waals surface area contributed by atoms with Crippen LogP contribution in [0.4, 0.5) is 5.13 Å². The molecule has 0 spiro atoms. The molecule has 2 rings (SSSR count). The Hall–Kier alpha value is -1.47. The second-order valence-corrected chi connectivity index (χ2v) is 6.80. The number of amides is 2. The molecule has 1 aliphatic heterocycles. The Bertz CT molecular complexity index is 522. The maximum Gasteiger partial charge on any atom is 0.273 e. The third kappa shape index (κ3) is 4.78. The molecule has 2 heterocycles. The first kappa shape index (κ1) is 16.9. The number of carbonyl (C=O) groups is 2. The molecule has 0 aromatic carbocycles. The zero-order valence-electron chi connectivity index (χ0n) is 13.3. The number of ether oxygens (including phenoxy) is 1. The highest BCUT2D eigenvalue weighted by Crippen LogP contribution is 2.20. The van der Waals surface area contributed by atoms with Gasteiger partial charge in [0.1, 0.15) is 5.69 Å². The van der Waals surface area contributed by atoms with Crippen molar-refractivity contribution >= 4 is 28.3 Å². The van der Waals surface area contributed by atoms with Crippen LogP contribution < -0.4 is 5.32 Å². The van der Waals surface area contributed by atoms with Gasteiger partial charge in [-0.1, -0.05) is 13.8 Å². The second kappa shape index (κ2) is 7.69. The number of rotatable bonds is 5. The fraction of sp³-hybridized carbons (Fsp3) is 0.667. The molecular formula is C15H23N3O3S. The van der Waals surface area contributed by atoms with Crippen LogP contribution in [-0.4, -0.2) is 47.5 Å². The minimum Gasteiger partial charge on any atom is -0.378 e.